The molecule has 2 rings (SSSR count). The minimum absolute atomic E-state index is 0.0262. The van der Waals surface area contributed by atoms with Gasteiger partial charge in [-0.3, -0.25) is 9.59 Å². The molecule has 6 nitrogen and oxygen atoms in total. The standard InChI is InChI=1S/C15H22N2O4/c1-2-12(5-6-18)16-15(20)11-8-14(19)17(9-11)10-13-4-3-7-21-13/h3-4,7,11-12,18H,2,5-6,8-10H2,1H3,(H,16,20). The zero-order valence-electron chi connectivity index (χ0n) is 12.2. The third-order valence-corrected chi connectivity index (χ3v) is 3.83. The van der Waals surface area contributed by atoms with Crippen LogP contribution in [0.5, 0.6) is 0 Å². The first-order chi connectivity index (χ1) is 10.1. The Balaban J connectivity index is 1.87. The third kappa shape index (κ3) is 4.07. The van der Waals surface area contributed by atoms with Crippen LogP contribution >= 0.6 is 0 Å². The van der Waals surface area contributed by atoms with Crippen molar-refractivity contribution in [3.63, 3.8) is 0 Å². The fraction of sp³-hybridized carbons (Fsp3) is 0.600. The van der Waals surface area contributed by atoms with Gasteiger partial charge in [0.05, 0.1) is 18.7 Å². The topological polar surface area (TPSA) is 82.8 Å². The predicted molar refractivity (Wildman–Crippen MR) is 76.2 cm³/mol. The van der Waals surface area contributed by atoms with Crippen LogP contribution in [0.2, 0.25) is 0 Å². The minimum atomic E-state index is -0.319. The molecule has 6 heteroatoms. The number of nitrogens with one attached hydrogen (secondary N) is 1. The Hall–Kier alpha value is -1.82. The Kier molecular flexibility index (Phi) is 5.38. The number of hydrogen-bond acceptors (Lipinski definition) is 4. The normalized spacial score (nSPS) is 19.8. The fourth-order valence-corrected chi connectivity index (χ4v) is 2.54. The lowest BCUT2D eigenvalue weighted by molar-refractivity contribution is -0.129. The van der Waals surface area contributed by atoms with Gasteiger partial charge in [0.25, 0.3) is 0 Å². The van der Waals surface area contributed by atoms with E-state index in [1.807, 2.05) is 13.0 Å². The van der Waals surface area contributed by atoms with E-state index in [-0.39, 0.29) is 36.8 Å². The molecule has 116 valence electrons. The summed E-state index contributed by atoms with van der Waals surface area (Å²) in [6.07, 6.45) is 3.12. The number of aliphatic hydroxyl groups excluding tert-OH is 1. The largest absolute Gasteiger partial charge is 0.467 e. The molecule has 1 aliphatic heterocycles. The van der Waals surface area contributed by atoms with E-state index in [2.05, 4.69) is 5.32 Å². The Labute approximate surface area is 124 Å². The molecule has 0 radical (unpaired) electrons. The first kappa shape index (κ1) is 15.6. The molecule has 1 saturated heterocycles. The molecule has 2 atom stereocenters. The second kappa shape index (κ2) is 7.26. The van der Waals surface area contributed by atoms with Gasteiger partial charge in [0.15, 0.2) is 0 Å². The van der Waals surface area contributed by atoms with E-state index in [0.29, 0.717) is 19.5 Å². The molecule has 0 bridgehead atoms. The van der Waals surface area contributed by atoms with Gasteiger partial charge in [0.2, 0.25) is 11.8 Å². The first-order valence-corrected chi connectivity index (χ1v) is 7.35. The Morgan fingerprint density at radius 1 is 1.62 bits per heavy atom. The van der Waals surface area contributed by atoms with Gasteiger partial charge in [-0.15, -0.1) is 0 Å². The van der Waals surface area contributed by atoms with Crippen LogP contribution < -0.4 is 5.32 Å². The number of amides is 2. The first-order valence-electron chi connectivity index (χ1n) is 7.35. The van der Waals surface area contributed by atoms with Crippen molar-refractivity contribution in [1.82, 2.24) is 10.2 Å². The summed E-state index contributed by atoms with van der Waals surface area (Å²) in [5, 5.41) is 11.9. The molecule has 2 amide bonds. The van der Waals surface area contributed by atoms with Crippen molar-refractivity contribution < 1.29 is 19.1 Å². The van der Waals surface area contributed by atoms with Gasteiger partial charge in [0.1, 0.15) is 5.76 Å². The van der Waals surface area contributed by atoms with E-state index < -0.39 is 0 Å². The zero-order chi connectivity index (χ0) is 15.2. The molecule has 0 spiro atoms. The lowest BCUT2D eigenvalue weighted by Gasteiger charge is -2.19. The highest BCUT2D eigenvalue weighted by atomic mass is 16.3. The van der Waals surface area contributed by atoms with Crippen molar-refractivity contribution in [2.24, 2.45) is 5.92 Å². The molecule has 2 unspecified atom stereocenters. The van der Waals surface area contributed by atoms with Crippen molar-refractivity contribution >= 4 is 11.8 Å². The summed E-state index contributed by atoms with van der Waals surface area (Å²) in [5.74, 6) is 0.267. The number of rotatable bonds is 7. The SMILES string of the molecule is CCC(CCO)NC(=O)C1CC(=O)N(Cc2ccco2)C1. The summed E-state index contributed by atoms with van der Waals surface area (Å²) < 4.78 is 5.23. The second-order valence-corrected chi connectivity index (χ2v) is 5.38. The Morgan fingerprint density at radius 2 is 2.43 bits per heavy atom. The van der Waals surface area contributed by atoms with Crippen LogP contribution in [-0.2, 0) is 16.1 Å². The maximum Gasteiger partial charge on any atom is 0.225 e. The van der Waals surface area contributed by atoms with Crippen molar-refractivity contribution in [2.45, 2.75) is 38.8 Å². The highest BCUT2D eigenvalue weighted by molar-refractivity contribution is 5.89. The number of furan rings is 1. The monoisotopic (exact) mass is 294 g/mol. The maximum absolute atomic E-state index is 12.2. The van der Waals surface area contributed by atoms with Gasteiger partial charge in [-0.05, 0) is 25.0 Å². The van der Waals surface area contributed by atoms with Gasteiger partial charge in [0, 0.05) is 25.6 Å². The summed E-state index contributed by atoms with van der Waals surface area (Å²) >= 11 is 0. The van der Waals surface area contributed by atoms with Crippen LogP contribution in [0.15, 0.2) is 22.8 Å². The molecule has 21 heavy (non-hydrogen) atoms. The molecular weight excluding hydrogens is 272 g/mol. The summed E-state index contributed by atoms with van der Waals surface area (Å²) in [7, 11) is 0. The molecule has 0 aromatic carbocycles. The van der Waals surface area contributed by atoms with Crippen LogP contribution in [0.25, 0.3) is 0 Å². The molecule has 1 aromatic rings. The van der Waals surface area contributed by atoms with Crippen molar-refractivity contribution in [3.05, 3.63) is 24.2 Å². The molecule has 1 fully saturated rings. The van der Waals surface area contributed by atoms with E-state index in [9.17, 15) is 9.59 Å². The quantitative estimate of drug-likeness (QED) is 0.783. The number of carbonyl (C=O) groups excluding carboxylic acids is 2. The minimum Gasteiger partial charge on any atom is -0.467 e. The fourth-order valence-electron chi connectivity index (χ4n) is 2.54. The summed E-state index contributed by atoms with van der Waals surface area (Å²) in [6.45, 7) is 2.83. The van der Waals surface area contributed by atoms with Crippen molar-refractivity contribution in [3.8, 4) is 0 Å². The summed E-state index contributed by atoms with van der Waals surface area (Å²) in [4.78, 5) is 25.8. The van der Waals surface area contributed by atoms with Crippen molar-refractivity contribution in [2.75, 3.05) is 13.2 Å². The van der Waals surface area contributed by atoms with Crippen LogP contribution in [0.4, 0.5) is 0 Å². The van der Waals surface area contributed by atoms with Crippen LogP contribution in [0, 0.1) is 5.92 Å². The average molecular weight is 294 g/mol. The molecule has 1 aliphatic rings. The second-order valence-electron chi connectivity index (χ2n) is 5.38. The average Bonchev–Trinajstić information content (AvgIpc) is 3.09. The van der Waals surface area contributed by atoms with Gasteiger partial charge in [-0.1, -0.05) is 6.92 Å². The van der Waals surface area contributed by atoms with Crippen LogP contribution in [0.1, 0.15) is 31.9 Å². The van der Waals surface area contributed by atoms with Gasteiger partial charge in [-0.2, -0.15) is 0 Å². The summed E-state index contributed by atoms with van der Waals surface area (Å²) in [5.41, 5.74) is 0. The van der Waals surface area contributed by atoms with Crippen LogP contribution in [0.3, 0.4) is 0 Å². The van der Waals surface area contributed by atoms with E-state index in [1.54, 1.807) is 17.2 Å². The maximum atomic E-state index is 12.2. The number of carbonyl (C=O) groups is 2. The number of likely N-dealkylation sites (tertiary alicyclic amines) is 1. The highest BCUT2D eigenvalue weighted by Gasteiger charge is 2.35. The van der Waals surface area contributed by atoms with E-state index in [4.69, 9.17) is 9.52 Å². The number of hydrogen-bond donors (Lipinski definition) is 2. The van der Waals surface area contributed by atoms with Crippen LogP contribution in [-0.4, -0.2) is 41.0 Å². The molecule has 0 saturated carbocycles. The van der Waals surface area contributed by atoms with E-state index in [1.165, 1.54) is 0 Å². The smallest absolute Gasteiger partial charge is 0.225 e. The van der Waals surface area contributed by atoms with E-state index in [0.717, 1.165) is 12.2 Å². The highest BCUT2D eigenvalue weighted by Crippen LogP contribution is 2.21. The zero-order valence-corrected chi connectivity index (χ0v) is 12.2. The number of aliphatic hydroxyl groups is 1. The summed E-state index contributed by atoms with van der Waals surface area (Å²) in [6, 6.07) is 3.56. The third-order valence-electron chi connectivity index (χ3n) is 3.83. The van der Waals surface area contributed by atoms with Crippen molar-refractivity contribution in [1.29, 1.82) is 0 Å². The lowest BCUT2D eigenvalue weighted by Crippen LogP contribution is -2.40. The number of nitrogens with zero attached hydrogens (tertiary/aromatic N) is 1. The van der Waals surface area contributed by atoms with E-state index >= 15 is 0 Å². The molecule has 2 heterocycles. The van der Waals surface area contributed by atoms with Gasteiger partial charge >= 0.3 is 0 Å². The predicted octanol–water partition coefficient (Wildman–Crippen LogP) is 0.905. The molecular formula is C15H22N2O4. The molecule has 1 aromatic heterocycles. The Morgan fingerprint density at radius 3 is 3.05 bits per heavy atom. The lowest BCUT2D eigenvalue weighted by atomic mass is 10.1. The molecule has 0 aliphatic carbocycles. The van der Waals surface area contributed by atoms with Gasteiger partial charge < -0.3 is 19.7 Å². The van der Waals surface area contributed by atoms with Gasteiger partial charge in [-0.25, -0.2) is 0 Å². The Bertz CT molecular complexity index is 472. The molecule has 2 N–H and O–H groups in total.